The molecule has 0 spiro atoms. The lowest BCUT2D eigenvalue weighted by Crippen LogP contribution is -2.40. The van der Waals surface area contributed by atoms with Gasteiger partial charge in [0.25, 0.3) is 6.29 Å². The molecule has 2 unspecified atom stereocenters. The Balaban J connectivity index is 4.03. The summed E-state index contributed by atoms with van der Waals surface area (Å²) in [6, 6.07) is 0. The zero-order valence-electron chi connectivity index (χ0n) is 44.1. The average molecular weight is 943 g/mol. The Morgan fingerprint density at radius 3 is 1.27 bits per heavy atom. The van der Waals surface area contributed by atoms with E-state index in [9.17, 15) is 19.5 Å². The van der Waals surface area contributed by atoms with Gasteiger partial charge in [-0.2, -0.15) is 0 Å². The number of rotatable bonds is 50. The summed E-state index contributed by atoms with van der Waals surface area (Å²) in [5.74, 6) is -2.00. The van der Waals surface area contributed by atoms with Gasteiger partial charge in [-0.05, 0) is 57.8 Å². The van der Waals surface area contributed by atoms with Crippen molar-refractivity contribution in [2.75, 3.05) is 47.5 Å². The van der Waals surface area contributed by atoms with Crippen LogP contribution in [0.5, 0.6) is 0 Å². The van der Waals surface area contributed by atoms with Crippen LogP contribution < -0.4 is 0 Å². The molecule has 67 heavy (non-hydrogen) atoms. The molecule has 2 atom stereocenters. The molecular weight excluding hydrogens is 839 g/mol. The van der Waals surface area contributed by atoms with Gasteiger partial charge in [-0.3, -0.25) is 9.59 Å². The van der Waals surface area contributed by atoms with Crippen molar-refractivity contribution in [2.45, 2.75) is 245 Å². The van der Waals surface area contributed by atoms with E-state index in [4.69, 9.17) is 18.9 Å². The van der Waals surface area contributed by atoms with Crippen LogP contribution in [0.3, 0.4) is 0 Å². The number of unbranched alkanes of at least 4 members (excludes halogenated alkanes) is 25. The minimum atomic E-state index is -1.51. The van der Waals surface area contributed by atoms with Crippen LogP contribution in [0.25, 0.3) is 0 Å². The van der Waals surface area contributed by atoms with E-state index >= 15 is 0 Å². The van der Waals surface area contributed by atoms with Crippen LogP contribution in [0.2, 0.25) is 0 Å². The summed E-state index contributed by atoms with van der Waals surface area (Å²) < 4.78 is 22.8. The molecule has 0 aromatic heterocycles. The largest absolute Gasteiger partial charge is 0.477 e. The molecule has 9 heteroatoms. The Hall–Kier alpha value is -3.01. The quantitative estimate of drug-likeness (QED) is 0.0211. The number of carboxylic acid groups (broad SMARTS) is 1. The summed E-state index contributed by atoms with van der Waals surface area (Å²) in [6.45, 7) is 4.75. The first kappa shape index (κ1) is 64.0. The van der Waals surface area contributed by atoms with E-state index in [1.807, 2.05) is 21.1 Å². The van der Waals surface area contributed by atoms with Crippen LogP contribution in [0, 0.1) is 0 Å². The lowest BCUT2D eigenvalue weighted by Gasteiger charge is -2.25. The van der Waals surface area contributed by atoms with E-state index in [1.165, 1.54) is 135 Å². The number of ether oxygens (including phenoxy) is 4. The number of hydrogen-bond donors (Lipinski definition) is 1. The maximum Gasteiger partial charge on any atom is 0.361 e. The normalized spacial score (nSPS) is 13.3. The number of carbonyl (C=O) groups is 3. The third kappa shape index (κ3) is 50.7. The fourth-order valence-corrected chi connectivity index (χ4v) is 7.57. The monoisotopic (exact) mass is 943 g/mol. The van der Waals surface area contributed by atoms with Crippen molar-refractivity contribution in [3.8, 4) is 0 Å². The zero-order valence-corrected chi connectivity index (χ0v) is 44.1. The second-order valence-corrected chi connectivity index (χ2v) is 19.5. The number of esters is 2. The lowest BCUT2D eigenvalue weighted by atomic mass is 10.0. The number of aliphatic carboxylic acids is 1. The van der Waals surface area contributed by atoms with Crippen molar-refractivity contribution >= 4 is 17.9 Å². The van der Waals surface area contributed by atoms with Gasteiger partial charge in [0.15, 0.2) is 6.10 Å². The SMILES string of the molecule is CC/C=C\C/C=C\C/C=C\C/C=C\C/C=C\CCCCCCCCCCCCCCCCCCCC(=O)OC(COC(=O)CCCCCCCCCCC)COC(OCC[N+](C)(C)C)C(=O)O. The third-order valence-corrected chi connectivity index (χ3v) is 11.8. The van der Waals surface area contributed by atoms with Gasteiger partial charge in [-0.15, -0.1) is 0 Å². The molecule has 0 aliphatic heterocycles. The average Bonchev–Trinajstić information content (AvgIpc) is 3.29. The number of quaternary nitrogens is 1. The van der Waals surface area contributed by atoms with Crippen molar-refractivity contribution in [3.05, 3.63) is 60.8 Å². The molecule has 1 N–H and O–H groups in total. The van der Waals surface area contributed by atoms with Gasteiger partial charge < -0.3 is 28.5 Å². The van der Waals surface area contributed by atoms with E-state index in [0.717, 1.165) is 70.6 Å². The number of likely N-dealkylation sites (N-methyl/N-ethyl adjacent to an activating group) is 1. The number of carbonyl (C=O) groups excluding carboxylic acids is 2. The number of nitrogens with zero attached hydrogens (tertiary/aromatic N) is 1. The molecule has 0 bridgehead atoms. The zero-order chi connectivity index (χ0) is 49.2. The van der Waals surface area contributed by atoms with Gasteiger partial charge in [0.05, 0.1) is 34.4 Å². The summed E-state index contributed by atoms with van der Waals surface area (Å²) >= 11 is 0. The van der Waals surface area contributed by atoms with Crippen LogP contribution >= 0.6 is 0 Å². The van der Waals surface area contributed by atoms with Crippen LogP contribution in [-0.4, -0.2) is 87.4 Å². The highest BCUT2D eigenvalue weighted by atomic mass is 16.7. The fourth-order valence-electron chi connectivity index (χ4n) is 7.57. The van der Waals surface area contributed by atoms with Gasteiger partial charge in [-0.25, -0.2) is 4.79 Å². The van der Waals surface area contributed by atoms with Crippen molar-refractivity contribution in [2.24, 2.45) is 0 Å². The first-order valence-electron chi connectivity index (χ1n) is 27.5. The molecule has 0 saturated carbocycles. The molecule has 0 amide bonds. The maximum absolute atomic E-state index is 12.8. The van der Waals surface area contributed by atoms with Crippen molar-refractivity contribution in [1.29, 1.82) is 0 Å². The standard InChI is InChI=1S/C58H103NO8/c1-6-8-10-12-14-16-17-18-19-20-21-22-23-24-25-26-27-28-29-30-31-32-33-34-35-36-37-38-39-41-43-45-47-49-56(61)67-54(53-66-58(57(62)63)64-51-50-59(3,4)5)52-65-55(60)48-46-44-42-40-15-13-11-9-7-2/h8,10,14,16,18-19,21-22,24-25,54,58H,6-7,9,11-13,15,17,20,23,26-53H2,1-5H3/p+1/b10-8-,16-14-,19-18-,22-21-,25-24-. The van der Waals surface area contributed by atoms with Crippen molar-refractivity contribution < 1.29 is 42.9 Å². The topological polar surface area (TPSA) is 108 Å². The van der Waals surface area contributed by atoms with E-state index in [1.54, 1.807) is 0 Å². The van der Waals surface area contributed by atoms with Crippen molar-refractivity contribution in [1.82, 2.24) is 0 Å². The molecule has 0 rings (SSSR count). The third-order valence-electron chi connectivity index (χ3n) is 11.8. The molecule has 0 heterocycles. The van der Waals surface area contributed by atoms with Crippen molar-refractivity contribution in [3.63, 3.8) is 0 Å². The van der Waals surface area contributed by atoms with Crippen LogP contribution in [0.4, 0.5) is 0 Å². The Kier molecular flexibility index (Phi) is 47.2. The molecule has 388 valence electrons. The van der Waals surface area contributed by atoms with E-state index in [0.29, 0.717) is 17.4 Å². The molecule has 0 aliphatic rings. The highest BCUT2D eigenvalue weighted by Gasteiger charge is 2.25. The molecule has 0 aromatic carbocycles. The summed E-state index contributed by atoms with van der Waals surface area (Å²) in [6.07, 6.45) is 58.9. The van der Waals surface area contributed by atoms with Gasteiger partial charge >= 0.3 is 17.9 Å². The highest BCUT2D eigenvalue weighted by Crippen LogP contribution is 2.16. The molecule has 0 fully saturated rings. The Morgan fingerprint density at radius 2 is 0.851 bits per heavy atom. The second kappa shape index (κ2) is 49.4. The van der Waals surface area contributed by atoms with Crippen LogP contribution in [-0.2, 0) is 33.3 Å². The van der Waals surface area contributed by atoms with Gasteiger partial charge in [0.2, 0.25) is 0 Å². The summed E-state index contributed by atoms with van der Waals surface area (Å²) in [5.41, 5.74) is 0. The molecule has 0 saturated heterocycles. The summed E-state index contributed by atoms with van der Waals surface area (Å²) in [5, 5.41) is 9.65. The second-order valence-electron chi connectivity index (χ2n) is 19.5. The predicted molar refractivity (Wildman–Crippen MR) is 281 cm³/mol. The van der Waals surface area contributed by atoms with Crippen LogP contribution in [0.1, 0.15) is 232 Å². The Labute approximate surface area is 412 Å². The summed E-state index contributed by atoms with van der Waals surface area (Å²) in [7, 11) is 5.96. The van der Waals surface area contributed by atoms with Gasteiger partial charge in [0.1, 0.15) is 13.2 Å². The van der Waals surface area contributed by atoms with Gasteiger partial charge in [-0.1, -0.05) is 222 Å². The molecule has 0 radical (unpaired) electrons. The first-order valence-corrected chi connectivity index (χ1v) is 27.5. The van der Waals surface area contributed by atoms with E-state index in [-0.39, 0.29) is 32.2 Å². The fraction of sp³-hybridized carbons (Fsp3) is 0.776. The molecule has 0 aliphatic carbocycles. The van der Waals surface area contributed by atoms with E-state index < -0.39 is 24.3 Å². The minimum Gasteiger partial charge on any atom is -0.477 e. The lowest BCUT2D eigenvalue weighted by molar-refractivity contribution is -0.870. The smallest absolute Gasteiger partial charge is 0.361 e. The number of hydrogen-bond acceptors (Lipinski definition) is 7. The minimum absolute atomic E-state index is 0.179. The molecule has 0 aromatic rings. The summed E-state index contributed by atoms with van der Waals surface area (Å²) in [4.78, 5) is 37.1. The predicted octanol–water partition coefficient (Wildman–Crippen LogP) is 15.7. The number of carboxylic acids is 1. The van der Waals surface area contributed by atoms with Crippen LogP contribution in [0.15, 0.2) is 60.8 Å². The maximum atomic E-state index is 12.8. The van der Waals surface area contributed by atoms with E-state index in [2.05, 4.69) is 74.6 Å². The molecular formula is C58H104NO8+. The Morgan fingerprint density at radius 1 is 0.463 bits per heavy atom. The Bertz CT molecular complexity index is 1280. The molecule has 9 nitrogen and oxygen atoms in total. The first-order chi connectivity index (χ1) is 32.6. The highest BCUT2D eigenvalue weighted by molar-refractivity contribution is 5.71. The number of allylic oxidation sites excluding steroid dienone is 10. The van der Waals surface area contributed by atoms with Gasteiger partial charge in [0, 0.05) is 12.8 Å².